The zero-order valence-electron chi connectivity index (χ0n) is 12.1. The molecule has 110 valence electrons. The topological polar surface area (TPSA) is 29.5 Å². The van der Waals surface area contributed by atoms with Crippen LogP contribution in [0.2, 0.25) is 0 Å². The number of nitrogens with zero attached hydrogens (tertiary/aromatic N) is 1. The van der Waals surface area contributed by atoms with Gasteiger partial charge in [-0.05, 0) is 42.0 Å². The second-order valence-corrected chi connectivity index (χ2v) is 6.31. The Bertz CT molecular complexity index is 592. The summed E-state index contributed by atoms with van der Waals surface area (Å²) in [6.45, 7) is 0.862. The van der Waals surface area contributed by atoms with Gasteiger partial charge in [0.15, 0.2) is 0 Å². The fraction of sp³-hybridized carbons (Fsp3) is 0.353. The van der Waals surface area contributed by atoms with Crippen molar-refractivity contribution >= 4 is 17.2 Å². The lowest BCUT2D eigenvalue weighted by Gasteiger charge is -2.25. The van der Waals surface area contributed by atoms with Crippen molar-refractivity contribution < 1.29 is 9.53 Å². The van der Waals surface area contributed by atoms with Gasteiger partial charge in [0.1, 0.15) is 5.75 Å². The Balaban J connectivity index is 1.73. The van der Waals surface area contributed by atoms with Gasteiger partial charge in [-0.25, -0.2) is 0 Å². The fourth-order valence-corrected chi connectivity index (χ4v) is 3.60. The number of hydrogen-bond donors (Lipinski definition) is 0. The van der Waals surface area contributed by atoms with E-state index in [2.05, 4.69) is 12.1 Å². The quantitative estimate of drug-likeness (QED) is 0.862. The number of amides is 1. The van der Waals surface area contributed by atoms with Crippen LogP contribution in [0.1, 0.15) is 29.3 Å². The highest BCUT2D eigenvalue weighted by atomic mass is 32.1. The number of methoxy groups -OCH3 is 1. The molecule has 0 N–H and O–H groups in total. The van der Waals surface area contributed by atoms with E-state index in [4.69, 9.17) is 4.74 Å². The van der Waals surface area contributed by atoms with Gasteiger partial charge >= 0.3 is 0 Å². The van der Waals surface area contributed by atoms with Crippen LogP contribution in [0.4, 0.5) is 0 Å². The second kappa shape index (κ2) is 6.31. The lowest BCUT2D eigenvalue weighted by molar-refractivity contribution is -0.131. The lowest BCUT2D eigenvalue weighted by atomic mass is 10.0. The van der Waals surface area contributed by atoms with Crippen LogP contribution >= 0.6 is 11.3 Å². The van der Waals surface area contributed by atoms with E-state index in [0.29, 0.717) is 6.42 Å². The number of carbonyl (C=O) groups excluding carboxylic acids is 1. The highest BCUT2D eigenvalue weighted by molar-refractivity contribution is 7.10. The monoisotopic (exact) mass is 301 g/mol. The van der Waals surface area contributed by atoms with Crippen molar-refractivity contribution in [2.75, 3.05) is 13.7 Å². The number of rotatable bonds is 4. The Morgan fingerprint density at radius 3 is 2.81 bits per heavy atom. The molecule has 2 heterocycles. The highest BCUT2D eigenvalue weighted by Gasteiger charge is 2.29. The van der Waals surface area contributed by atoms with E-state index in [0.717, 1.165) is 30.0 Å². The molecule has 4 heteroatoms. The van der Waals surface area contributed by atoms with Crippen LogP contribution in [0.25, 0.3) is 0 Å². The highest BCUT2D eigenvalue weighted by Crippen LogP contribution is 2.33. The third kappa shape index (κ3) is 3.10. The van der Waals surface area contributed by atoms with Crippen LogP contribution in [0.3, 0.4) is 0 Å². The van der Waals surface area contributed by atoms with Crippen molar-refractivity contribution in [3.63, 3.8) is 0 Å². The first-order valence-corrected chi connectivity index (χ1v) is 8.11. The van der Waals surface area contributed by atoms with Gasteiger partial charge in [-0.15, -0.1) is 11.3 Å². The third-order valence-corrected chi connectivity index (χ3v) is 4.86. The second-order valence-electron chi connectivity index (χ2n) is 5.27. The van der Waals surface area contributed by atoms with Crippen molar-refractivity contribution in [2.45, 2.75) is 25.3 Å². The molecule has 0 bridgehead atoms. The van der Waals surface area contributed by atoms with Crippen LogP contribution in [-0.2, 0) is 11.2 Å². The molecule has 0 radical (unpaired) electrons. The summed E-state index contributed by atoms with van der Waals surface area (Å²) in [6, 6.07) is 12.3. The third-order valence-electron chi connectivity index (χ3n) is 3.98. The zero-order chi connectivity index (χ0) is 14.7. The molecule has 1 atom stereocenters. The summed E-state index contributed by atoms with van der Waals surface area (Å²) in [6.07, 6.45) is 2.64. The molecule has 0 spiro atoms. The van der Waals surface area contributed by atoms with E-state index in [1.54, 1.807) is 18.4 Å². The van der Waals surface area contributed by atoms with Crippen LogP contribution in [0.15, 0.2) is 41.8 Å². The van der Waals surface area contributed by atoms with E-state index in [-0.39, 0.29) is 11.9 Å². The van der Waals surface area contributed by atoms with Gasteiger partial charge in [-0.3, -0.25) is 4.79 Å². The Morgan fingerprint density at radius 1 is 1.33 bits per heavy atom. The van der Waals surface area contributed by atoms with Gasteiger partial charge < -0.3 is 9.64 Å². The molecule has 1 aromatic heterocycles. The number of benzene rings is 1. The van der Waals surface area contributed by atoms with Crippen molar-refractivity contribution in [3.8, 4) is 5.75 Å². The summed E-state index contributed by atoms with van der Waals surface area (Å²) >= 11 is 1.65. The Hall–Kier alpha value is -1.81. The van der Waals surface area contributed by atoms with Gasteiger partial charge in [-0.1, -0.05) is 18.2 Å². The average molecular weight is 301 g/mol. The maximum Gasteiger partial charge on any atom is 0.228 e. The van der Waals surface area contributed by atoms with E-state index in [1.165, 1.54) is 5.56 Å². The summed E-state index contributed by atoms with van der Waals surface area (Å²) in [5, 5.41) is 2.02. The smallest absolute Gasteiger partial charge is 0.228 e. The number of ether oxygens (including phenoxy) is 1. The Kier molecular flexibility index (Phi) is 4.25. The summed E-state index contributed by atoms with van der Waals surface area (Å²) in [5.41, 5.74) is 1.20. The van der Waals surface area contributed by atoms with Gasteiger partial charge in [-0.2, -0.15) is 0 Å². The molecule has 1 fully saturated rings. The van der Waals surface area contributed by atoms with Gasteiger partial charge in [0.25, 0.3) is 0 Å². The predicted molar refractivity (Wildman–Crippen MR) is 84.7 cm³/mol. The summed E-state index contributed by atoms with van der Waals surface area (Å²) in [4.78, 5) is 15.7. The molecule has 1 aliphatic heterocycles. The molecule has 21 heavy (non-hydrogen) atoms. The van der Waals surface area contributed by atoms with Gasteiger partial charge in [0.2, 0.25) is 5.91 Å². The number of likely N-dealkylation sites (tertiary alicyclic amines) is 1. The minimum Gasteiger partial charge on any atom is -0.497 e. The fourth-order valence-electron chi connectivity index (χ4n) is 2.90. The SMILES string of the molecule is COc1ccc([C@@H]2CCCN2C(=O)Cc2cccs2)cc1. The van der Waals surface area contributed by atoms with Crippen LogP contribution in [-0.4, -0.2) is 24.5 Å². The molecule has 1 aliphatic rings. The summed E-state index contributed by atoms with van der Waals surface area (Å²) in [5.74, 6) is 1.09. The summed E-state index contributed by atoms with van der Waals surface area (Å²) in [7, 11) is 1.67. The molecule has 1 aromatic carbocycles. The maximum atomic E-state index is 12.5. The molecule has 0 saturated carbocycles. The average Bonchev–Trinajstić information content (AvgIpc) is 3.18. The number of carbonyl (C=O) groups is 1. The first-order valence-electron chi connectivity index (χ1n) is 7.24. The first kappa shape index (κ1) is 14.1. The molecule has 1 amide bonds. The lowest BCUT2D eigenvalue weighted by Crippen LogP contribution is -2.31. The Morgan fingerprint density at radius 2 is 2.14 bits per heavy atom. The molecular weight excluding hydrogens is 282 g/mol. The van der Waals surface area contributed by atoms with E-state index in [9.17, 15) is 4.79 Å². The van der Waals surface area contributed by atoms with Crippen molar-refractivity contribution in [1.82, 2.24) is 4.90 Å². The van der Waals surface area contributed by atoms with Crippen molar-refractivity contribution in [3.05, 3.63) is 52.2 Å². The first-order chi connectivity index (χ1) is 10.3. The predicted octanol–water partition coefficient (Wildman–Crippen LogP) is 3.66. The standard InChI is InChI=1S/C17H19NO2S/c1-20-14-8-6-13(7-9-14)16-5-2-10-18(16)17(19)12-15-4-3-11-21-15/h3-4,6-9,11,16H,2,5,10,12H2,1H3/t16-/m0/s1. The minimum absolute atomic E-state index is 0.211. The Labute approximate surface area is 129 Å². The molecule has 2 aromatic rings. The molecule has 0 aliphatic carbocycles. The molecule has 0 unspecified atom stereocenters. The molecule has 3 nitrogen and oxygen atoms in total. The number of thiophene rings is 1. The van der Waals surface area contributed by atoms with E-state index < -0.39 is 0 Å². The van der Waals surface area contributed by atoms with Gasteiger partial charge in [0.05, 0.1) is 19.6 Å². The molecule has 3 rings (SSSR count). The van der Waals surface area contributed by atoms with Crippen LogP contribution < -0.4 is 4.74 Å². The van der Waals surface area contributed by atoms with Gasteiger partial charge in [0, 0.05) is 11.4 Å². The summed E-state index contributed by atoms with van der Waals surface area (Å²) < 4.78 is 5.20. The van der Waals surface area contributed by atoms with Crippen molar-refractivity contribution in [1.29, 1.82) is 0 Å². The largest absolute Gasteiger partial charge is 0.497 e. The van der Waals surface area contributed by atoms with Crippen LogP contribution in [0, 0.1) is 0 Å². The van der Waals surface area contributed by atoms with Crippen molar-refractivity contribution in [2.24, 2.45) is 0 Å². The molecular formula is C17H19NO2S. The van der Waals surface area contributed by atoms with Crippen LogP contribution in [0.5, 0.6) is 5.75 Å². The normalized spacial score (nSPS) is 18.0. The molecule has 1 saturated heterocycles. The maximum absolute atomic E-state index is 12.5. The van der Waals surface area contributed by atoms with E-state index >= 15 is 0 Å². The number of hydrogen-bond acceptors (Lipinski definition) is 3. The van der Waals surface area contributed by atoms with E-state index in [1.807, 2.05) is 34.5 Å². The minimum atomic E-state index is 0.211. The zero-order valence-corrected chi connectivity index (χ0v) is 12.9.